The highest BCUT2D eigenvalue weighted by Crippen LogP contribution is 2.05. The summed E-state index contributed by atoms with van der Waals surface area (Å²) in [7, 11) is 0. The van der Waals surface area contributed by atoms with E-state index in [2.05, 4.69) is 5.32 Å². The summed E-state index contributed by atoms with van der Waals surface area (Å²) >= 11 is 0. The number of rotatable bonds is 10. The fraction of sp³-hybridized carbons (Fsp3) is 1.00. The van der Waals surface area contributed by atoms with Crippen molar-refractivity contribution in [1.82, 2.24) is 5.32 Å². The molecule has 0 saturated heterocycles. The van der Waals surface area contributed by atoms with Crippen molar-refractivity contribution >= 4 is 0 Å². The Morgan fingerprint density at radius 2 is 1.38 bits per heavy atom. The Kier molecular flexibility index (Phi) is 11.7. The van der Waals surface area contributed by atoms with E-state index in [1.54, 1.807) is 0 Å². The van der Waals surface area contributed by atoms with Crippen LogP contribution in [0.15, 0.2) is 0 Å². The fourth-order valence-electron chi connectivity index (χ4n) is 1.35. The van der Waals surface area contributed by atoms with Crippen molar-refractivity contribution in [3.8, 4) is 0 Å². The molecule has 0 aliphatic carbocycles. The Labute approximate surface area is 81.1 Å². The first kappa shape index (κ1) is 12.8. The van der Waals surface area contributed by atoms with Gasteiger partial charge in [0.15, 0.2) is 0 Å². The Morgan fingerprint density at radius 1 is 0.846 bits per heavy atom. The van der Waals surface area contributed by atoms with Gasteiger partial charge in [-0.15, -0.1) is 0 Å². The van der Waals surface area contributed by atoms with Crippen LogP contribution in [0.4, 0.5) is 4.39 Å². The second-order valence-electron chi connectivity index (χ2n) is 3.40. The van der Waals surface area contributed by atoms with Crippen LogP contribution in [0.1, 0.15) is 44.9 Å². The van der Waals surface area contributed by atoms with Crippen LogP contribution in [0.25, 0.3) is 0 Å². The first-order chi connectivity index (χ1) is 6.41. The molecule has 0 saturated carbocycles. The van der Waals surface area contributed by atoms with Gasteiger partial charge in [-0.25, -0.2) is 4.39 Å². The summed E-state index contributed by atoms with van der Waals surface area (Å²) in [6.45, 7) is 1.25. The average Bonchev–Trinajstić information content (AvgIpc) is 2.16. The first-order valence-electron chi connectivity index (χ1n) is 5.38. The zero-order valence-corrected chi connectivity index (χ0v) is 8.53. The summed E-state index contributed by atoms with van der Waals surface area (Å²) < 4.78 is 11.6. The number of unbranched alkanes of at least 4 members (excludes halogenated alkanes) is 6. The molecular formula is C10H23FN2. The summed E-state index contributed by atoms with van der Waals surface area (Å²) in [6, 6.07) is 0. The molecule has 0 aliphatic rings. The van der Waals surface area contributed by atoms with E-state index in [1.807, 2.05) is 0 Å². The van der Waals surface area contributed by atoms with E-state index in [0.29, 0.717) is 0 Å². The second-order valence-corrected chi connectivity index (χ2v) is 3.40. The third-order valence-electron chi connectivity index (χ3n) is 2.15. The molecular weight excluding hydrogens is 167 g/mol. The van der Waals surface area contributed by atoms with Crippen LogP contribution in [-0.2, 0) is 0 Å². The van der Waals surface area contributed by atoms with E-state index in [1.165, 1.54) is 32.1 Å². The predicted molar refractivity (Wildman–Crippen MR) is 55.4 cm³/mol. The summed E-state index contributed by atoms with van der Waals surface area (Å²) in [6.07, 6.45) is 8.61. The standard InChI is InChI=1S/C10H23FN2/c11-10-13-9-7-5-3-1-2-4-6-8-12/h13H,1-10,12H2. The molecule has 0 rings (SSSR count). The van der Waals surface area contributed by atoms with E-state index in [9.17, 15) is 4.39 Å². The molecule has 0 radical (unpaired) electrons. The van der Waals surface area contributed by atoms with Gasteiger partial charge in [0.2, 0.25) is 0 Å². The molecule has 0 aromatic carbocycles. The van der Waals surface area contributed by atoms with Crippen molar-refractivity contribution in [2.45, 2.75) is 44.9 Å². The van der Waals surface area contributed by atoms with Crippen molar-refractivity contribution in [3.05, 3.63) is 0 Å². The van der Waals surface area contributed by atoms with E-state index >= 15 is 0 Å². The van der Waals surface area contributed by atoms with Gasteiger partial charge in [-0.3, -0.25) is 5.32 Å². The lowest BCUT2D eigenvalue weighted by molar-refractivity contribution is 0.418. The highest BCUT2D eigenvalue weighted by atomic mass is 19.1. The van der Waals surface area contributed by atoms with Gasteiger partial charge in [-0.05, 0) is 25.9 Å². The van der Waals surface area contributed by atoms with Crippen LogP contribution in [-0.4, -0.2) is 19.9 Å². The van der Waals surface area contributed by atoms with Crippen molar-refractivity contribution in [2.75, 3.05) is 19.9 Å². The van der Waals surface area contributed by atoms with Crippen molar-refractivity contribution in [1.29, 1.82) is 0 Å². The van der Waals surface area contributed by atoms with Crippen LogP contribution in [0, 0.1) is 0 Å². The molecule has 0 aromatic heterocycles. The number of hydrogen-bond acceptors (Lipinski definition) is 2. The van der Waals surface area contributed by atoms with Gasteiger partial charge < -0.3 is 5.73 Å². The van der Waals surface area contributed by atoms with Gasteiger partial charge in [0.05, 0.1) is 0 Å². The molecule has 0 amide bonds. The maximum absolute atomic E-state index is 11.6. The summed E-state index contributed by atoms with van der Waals surface area (Å²) in [5.74, 6) is 0. The first-order valence-corrected chi connectivity index (χ1v) is 5.38. The minimum absolute atomic E-state index is 0.392. The highest BCUT2D eigenvalue weighted by Gasteiger charge is 1.90. The summed E-state index contributed by atoms with van der Waals surface area (Å²) in [4.78, 5) is 0. The highest BCUT2D eigenvalue weighted by molar-refractivity contribution is 4.48. The third kappa shape index (κ3) is 11.9. The SMILES string of the molecule is NCCCCCCCCCNCF. The number of alkyl halides is 1. The molecule has 80 valence electrons. The molecule has 0 unspecified atom stereocenters. The number of nitrogens with two attached hydrogens (primary N) is 1. The Balaban J connectivity index is 2.76. The number of hydrogen-bond donors (Lipinski definition) is 2. The summed E-state index contributed by atoms with van der Waals surface area (Å²) in [5.41, 5.74) is 5.38. The van der Waals surface area contributed by atoms with Crippen molar-refractivity contribution in [2.24, 2.45) is 5.73 Å². The van der Waals surface area contributed by atoms with E-state index in [4.69, 9.17) is 5.73 Å². The van der Waals surface area contributed by atoms with Crippen molar-refractivity contribution in [3.63, 3.8) is 0 Å². The summed E-state index contributed by atoms with van der Waals surface area (Å²) in [5, 5.41) is 2.68. The van der Waals surface area contributed by atoms with Crippen LogP contribution < -0.4 is 11.1 Å². The molecule has 0 heterocycles. The van der Waals surface area contributed by atoms with E-state index < -0.39 is 6.80 Å². The molecule has 0 atom stereocenters. The maximum Gasteiger partial charge on any atom is 0.140 e. The number of halogens is 1. The van der Waals surface area contributed by atoms with Gasteiger partial charge in [-0.1, -0.05) is 32.1 Å². The smallest absolute Gasteiger partial charge is 0.140 e. The quantitative estimate of drug-likeness (QED) is 0.409. The van der Waals surface area contributed by atoms with Gasteiger partial charge in [0.25, 0.3) is 0 Å². The second kappa shape index (κ2) is 11.8. The molecule has 0 fully saturated rings. The fourth-order valence-corrected chi connectivity index (χ4v) is 1.35. The van der Waals surface area contributed by atoms with Crippen molar-refractivity contribution < 1.29 is 4.39 Å². The van der Waals surface area contributed by atoms with E-state index in [0.717, 1.165) is 25.9 Å². The van der Waals surface area contributed by atoms with Crippen LogP contribution >= 0.6 is 0 Å². The van der Waals surface area contributed by atoms with Crippen LogP contribution in [0.3, 0.4) is 0 Å². The molecule has 3 N–H and O–H groups in total. The normalized spacial score (nSPS) is 10.6. The Hall–Kier alpha value is -0.150. The Morgan fingerprint density at radius 3 is 1.92 bits per heavy atom. The largest absolute Gasteiger partial charge is 0.330 e. The molecule has 0 bridgehead atoms. The topological polar surface area (TPSA) is 38.0 Å². The van der Waals surface area contributed by atoms with Gasteiger partial charge in [0, 0.05) is 0 Å². The van der Waals surface area contributed by atoms with Gasteiger partial charge in [0.1, 0.15) is 6.80 Å². The van der Waals surface area contributed by atoms with Crippen LogP contribution in [0.5, 0.6) is 0 Å². The molecule has 0 spiro atoms. The van der Waals surface area contributed by atoms with Gasteiger partial charge in [-0.2, -0.15) is 0 Å². The molecule has 0 aliphatic heterocycles. The monoisotopic (exact) mass is 190 g/mol. The van der Waals surface area contributed by atoms with Crippen LogP contribution in [0.2, 0.25) is 0 Å². The average molecular weight is 190 g/mol. The molecule has 2 nitrogen and oxygen atoms in total. The lowest BCUT2D eigenvalue weighted by atomic mass is 10.1. The number of nitrogens with one attached hydrogen (secondary N) is 1. The molecule has 3 heteroatoms. The molecule has 0 aromatic rings. The minimum Gasteiger partial charge on any atom is -0.330 e. The lowest BCUT2D eigenvalue weighted by Gasteiger charge is -2.01. The zero-order valence-electron chi connectivity index (χ0n) is 8.53. The lowest BCUT2D eigenvalue weighted by Crippen LogP contribution is -2.12. The van der Waals surface area contributed by atoms with E-state index in [-0.39, 0.29) is 0 Å². The predicted octanol–water partition coefficient (Wildman–Crippen LogP) is 2.19. The Bertz CT molecular complexity index is 79.0. The minimum atomic E-state index is -0.392. The molecule has 13 heavy (non-hydrogen) atoms. The zero-order chi connectivity index (χ0) is 9.78. The maximum atomic E-state index is 11.6. The van der Waals surface area contributed by atoms with Gasteiger partial charge >= 0.3 is 0 Å². The third-order valence-corrected chi connectivity index (χ3v) is 2.15.